The van der Waals surface area contributed by atoms with E-state index in [0.717, 1.165) is 12.2 Å². The first-order valence-electron chi connectivity index (χ1n) is 4.39. The summed E-state index contributed by atoms with van der Waals surface area (Å²) < 4.78 is 5.08. The Morgan fingerprint density at radius 2 is 2.43 bits per heavy atom. The topological polar surface area (TPSA) is 57.9 Å². The number of rotatable bonds is 4. The fourth-order valence-corrected chi connectivity index (χ4v) is 0.909. The standard InChI is InChI=1S/C10H13N3O/c1-8(14-2)6-12-10-4-3-9(5-11)13-7-10/h3-4,7-8,12H,6H2,1-2H3. The number of hydrogen-bond acceptors (Lipinski definition) is 4. The van der Waals surface area contributed by atoms with Crippen molar-refractivity contribution in [1.29, 1.82) is 5.26 Å². The predicted octanol–water partition coefficient (Wildman–Crippen LogP) is 1.40. The third kappa shape index (κ3) is 3.04. The molecule has 0 aliphatic heterocycles. The lowest BCUT2D eigenvalue weighted by molar-refractivity contribution is 0.129. The fraction of sp³-hybridized carbons (Fsp3) is 0.400. The molecule has 4 nitrogen and oxygen atoms in total. The molecule has 1 N–H and O–H groups in total. The van der Waals surface area contributed by atoms with E-state index in [4.69, 9.17) is 10.00 Å². The Morgan fingerprint density at radius 3 is 2.93 bits per heavy atom. The normalized spacial score (nSPS) is 11.8. The van der Waals surface area contributed by atoms with E-state index in [0.29, 0.717) is 5.69 Å². The van der Waals surface area contributed by atoms with Crippen LogP contribution in [0.2, 0.25) is 0 Å². The van der Waals surface area contributed by atoms with Crippen molar-refractivity contribution in [3.8, 4) is 6.07 Å². The van der Waals surface area contributed by atoms with Crippen LogP contribution in [0.3, 0.4) is 0 Å². The quantitative estimate of drug-likeness (QED) is 0.781. The number of methoxy groups -OCH3 is 1. The highest BCUT2D eigenvalue weighted by atomic mass is 16.5. The maximum absolute atomic E-state index is 8.53. The largest absolute Gasteiger partial charge is 0.381 e. The molecule has 0 spiro atoms. The average Bonchev–Trinajstić information content (AvgIpc) is 2.26. The van der Waals surface area contributed by atoms with Gasteiger partial charge in [0.05, 0.1) is 18.0 Å². The van der Waals surface area contributed by atoms with Gasteiger partial charge in [0, 0.05) is 13.7 Å². The Balaban J connectivity index is 2.49. The van der Waals surface area contributed by atoms with Crippen LogP contribution in [-0.2, 0) is 4.74 Å². The monoisotopic (exact) mass is 191 g/mol. The van der Waals surface area contributed by atoms with Crippen molar-refractivity contribution in [3.05, 3.63) is 24.0 Å². The maximum Gasteiger partial charge on any atom is 0.140 e. The molecule has 1 heterocycles. The molecule has 74 valence electrons. The minimum atomic E-state index is 0.158. The molecule has 1 unspecified atom stereocenters. The summed E-state index contributed by atoms with van der Waals surface area (Å²) in [6, 6.07) is 5.47. The molecule has 1 rings (SSSR count). The summed E-state index contributed by atoms with van der Waals surface area (Å²) >= 11 is 0. The van der Waals surface area contributed by atoms with Gasteiger partial charge in [-0.3, -0.25) is 0 Å². The lowest BCUT2D eigenvalue weighted by atomic mass is 10.3. The Morgan fingerprint density at radius 1 is 1.64 bits per heavy atom. The minimum Gasteiger partial charge on any atom is -0.381 e. The van der Waals surface area contributed by atoms with E-state index < -0.39 is 0 Å². The predicted molar refractivity (Wildman–Crippen MR) is 53.9 cm³/mol. The molecule has 0 fully saturated rings. The third-order valence-corrected chi connectivity index (χ3v) is 1.87. The highest BCUT2D eigenvalue weighted by molar-refractivity contribution is 5.42. The maximum atomic E-state index is 8.53. The number of nitrogens with zero attached hydrogens (tertiary/aromatic N) is 2. The first-order valence-corrected chi connectivity index (χ1v) is 4.39. The molecule has 0 bridgehead atoms. The molecule has 0 amide bonds. The van der Waals surface area contributed by atoms with Crippen molar-refractivity contribution in [1.82, 2.24) is 4.98 Å². The highest BCUT2D eigenvalue weighted by Crippen LogP contribution is 2.05. The molecule has 1 aromatic rings. The van der Waals surface area contributed by atoms with Crippen molar-refractivity contribution in [2.75, 3.05) is 19.0 Å². The molecule has 0 saturated heterocycles. The van der Waals surface area contributed by atoms with Crippen molar-refractivity contribution >= 4 is 5.69 Å². The van der Waals surface area contributed by atoms with Gasteiger partial charge < -0.3 is 10.1 Å². The van der Waals surface area contributed by atoms with Gasteiger partial charge in [0.15, 0.2) is 0 Å². The van der Waals surface area contributed by atoms with Gasteiger partial charge in [-0.05, 0) is 19.1 Å². The Kier molecular flexibility index (Phi) is 3.89. The number of nitriles is 1. The average molecular weight is 191 g/mol. The zero-order chi connectivity index (χ0) is 10.4. The van der Waals surface area contributed by atoms with E-state index in [1.807, 2.05) is 19.1 Å². The van der Waals surface area contributed by atoms with Crippen molar-refractivity contribution in [3.63, 3.8) is 0 Å². The zero-order valence-corrected chi connectivity index (χ0v) is 8.32. The van der Waals surface area contributed by atoms with Gasteiger partial charge in [0.25, 0.3) is 0 Å². The minimum absolute atomic E-state index is 0.158. The second kappa shape index (κ2) is 5.20. The van der Waals surface area contributed by atoms with Gasteiger partial charge in [-0.2, -0.15) is 5.26 Å². The van der Waals surface area contributed by atoms with Gasteiger partial charge >= 0.3 is 0 Å². The van der Waals surface area contributed by atoms with Gasteiger partial charge in [-0.15, -0.1) is 0 Å². The molecular formula is C10H13N3O. The highest BCUT2D eigenvalue weighted by Gasteiger charge is 1.99. The number of anilines is 1. The summed E-state index contributed by atoms with van der Waals surface area (Å²) in [6.45, 7) is 2.70. The lowest BCUT2D eigenvalue weighted by Gasteiger charge is -2.11. The number of hydrogen-bond donors (Lipinski definition) is 1. The molecule has 14 heavy (non-hydrogen) atoms. The zero-order valence-electron chi connectivity index (χ0n) is 8.32. The van der Waals surface area contributed by atoms with E-state index in [2.05, 4.69) is 10.3 Å². The summed E-state index contributed by atoms with van der Waals surface area (Å²) in [5.41, 5.74) is 1.32. The van der Waals surface area contributed by atoms with Gasteiger partial charge in [-0.25, -0.2) is 4.98 Å². The molecule has 0 aliphatic rings. The van der Waals surface area contributed by atoms with Crippen LogP contribution < -0.4 is 5.32 Å². The first kappa shape index (κ1) is 10.5. The van der Waals surface area contributed by atoms with Crippen LogP contribution in [0.5, 0.6) is 0 Å². The number of aromatic nitrogens is 1. The summed E-state index contributed by atoms with van der Waals surface area (Å²) in [5.74, 6) is 0. The van der Waals surface area contributed by atoms with Crippen molar-refractivity contribution in [2.45, 2.75) is 13.0 Å². The van der Waals surface area contributed by atoms with Crippen molar-refractivity contribution in [2.24, 2.45) is 0 Å². The van der Waals surface area contributed by atoms with E-state index in [1.54, 1.807) is 19.4 Å². The van der Waals surface area contributed by atoms with Gasteiger partial charge in [0.2, 0.25) is 0 Å². The fourth-order valence-electron chi connectivity index (χ4n) is 0.909. The van der Waals surface area contributed by atoms with Crippen molar-refractivity contribution < 1.29 is 4.74 Å². The molecule has 0 aromatic carbocycles. The molecule has 4 heteroatoms. The SMILES string of the molecule is COC(C)CNc1ccc(C#N)nc1. The lowest BCUT2D eigenvalue weighted by Crippen LogP contribution is -2.18. The molecule has 1 atom stereocenters. The second-order valence-corrected chi connectivity index (χ2v) is 2.97. The Hall–Kier alpha value is -1.60. The summed E-state index contributed by atoms with van der Waals surface area (Å²) in [6.07, 6.45) is 1.80. The number of pyridine rings is 1. The summed E-state index contributed by atoms with van der Waals surface area (Å²) in [7, 11) is 1.67. The van der Waals surface area contributed by atoms with E-state index >= 15 is 0 Å². The molecule has 0 radical (unpaired) electrons. The Bertz CT molecular complexity index is 315. The van der Waals surface area contributed by atoms with E-state index in [-0.39, 0.29) is 6.10 Å². The molecule has 1 aromatic heterocycles. The van der Waals surface area contributed by atoms with E-state index in [9.17, 15) is 0 Å². The van der Waals surface area contributed by atoms with Crippen LogP contribution in [0.4, 0.5) is 5.69 Å². The van der Waals surface area contributed by atoms with E-state index in [1.165, 1.54) is 0 Å². The first-order chi connectivity index (χ1) is 6.76. The number of nitrogens with one attached hydrogen (secondary N) is 1. The van der Waals surface area contributed by atoms with Crippen LogP contribution >= 0.6 is 0 Å². The third-order valence-electron chi connectivity index (χ3n) is 1.87. The van der Waals surface area contributed by atoms with Crippen LogP contribution in [0.25, 0.3) is 0 Å². The molecule has 0 saturated carbocycles. The molecular weight excluding hydrogens is 178 g/mol. The molecule has 0 aliphatic carbocycles. The van der Waals surface area contributed by atoms with Gasteiger partial charge in [-0.1, -0.05) is 0 Å². The Labute approximate surface area is 83.5 Å². The van der Waals surface area contributed by atoms with Gasteiger partial charge in [0.1, 0.15) is 11.8 Å². The van der Waals surface area contributed by atoms with Crippen LogP contribution in [-0.4, -0.2) is 24.7 Å². The van der Waals surface area contributed by atoms with Crippen LogP contribution in [0, 0.1) is 11.3 Å². The smallest absolute Gasteiger partial charge is 0.140 e. The summed E-state index contributed by atoms with van der Waals surface area (Å²) in [5, 5.41) is 11.7. The summed E-state index contributed by atoms with van der Waals surface area (Å²) in [4.78, 5) is 3.94. The second-order valence-electron chi connectivity index (χ2n) is 2.97. The van der Waals surface area contributed by atoms with Crippen LogP contribution in [0.1, 0.15) is 12.6 Å². The van der Waals surface area contributed by atoms with Crippen LogP contribution in [0.15, 0.2) is 18.3 Å². The number of ether oxygens (including phenoxy) is 1.